The van der Waals surface area contributed by atoms with E-state index in [1.165, 1.54) is 19.2 Å². The van der Waals surface area contributed by atoms with Crippen LogP contribution in [0.25, 0.3) is 0 Å². The number of halogens is 1. The first-order valence-electron chi connectivity index (χ1n) is 3.65. The number of rotatable bonds is 3. The van der Waals surface area contributed by atoms with Crippen molar-refractivity contribution >= 4 is 21.6 Å². The van der Waals surface area contributed by atoms with Crippen molar-refractivity contribution in [3.05, 3.63) is 23.0 Å². The maximum absolute atomic E-state index is 11.4. The Bertz CT molecular complexity index is 433. The number of hydrogen-bond donors (Lipinski definition) is 1. The molecule has 0 saturated heterocycles. The molecule has 0 aliphatic carbocycles. The zero-order chi connectivity index (χ0) is 10.8. The molecule has 1 N–H and O–H groups in total. The van der Waals surface area contributed by atoms with Gasteiger partial charge in [-0.25, -0.2) is 13.4 Å². The molecule has 1 aromatic rings. The minimum absolute atomic E-state index is 0.0451. The molecular formula is C7H9ClN2O3S. The molecule has 78 valence electrons. The number of sulfonamides is 1. The van der Waals surface area contributed by atoms with E-state index in [2.05, 4.69) is 9.82 Å². The number of aromatic nitrogens is 1. The highest BCUT2D eigenvalue weighted by atomic mass is 35.5. The Morgan fingerprint density at radius 2 is 2.14 bits per heavy atom. The van der Waals surface area contributed by atoms with Crippen molar-refractivity contribution in [2.75, 3.05) is 7.11 Å². The molecule has 5 nitrogen and oxygen atoms in total. The lowest BCUT2D eigenvalue weighted by Gasteiger charge is -2.06. The van der Waals surface area contributed by atoms with Gasteiger partial charge in [0.05, 0.1) is 12.8 Å². The molecule has 0 saturated carbocycles. The molecule has 1 aromatic heterocycles. The van der Waals surface area contributed by atoms with Crippen LogP contribution >= 0.6 is 11.6 Å². The van der Waals surface area contributed by atoms with E-state index in [4.69, 9.17) is 11.6 Å². The molecule has 0 bridgehead atoms. The molecule has 0 atom stereocenters. The number of pyridine rings is 1. The van der Waals surface area contributed by atoms with Crippen LogP contribution in [0, 0.1) is 6.92 Å². The predicted molar refractivity (Wildman–Crippen MR) is 51.3 cm³/mol. The van der Waals surface area contributed by atoms with E-state index in [-0.39, 0.29) is 10.0 Å². The van der Waals surface area contributed by atoms with Gasteiger partial charge in [0.25, 0.3) is 10.0 Å². The number of nitrogens with one attached hydrogen (secondary N) is 1. The third kappa shape index (κ3) is 2.42. The van der Waals surface area contributed by atoms with Crippen molar-refractivity contribution in [2.24, 2.45) is 0 Å². The summed E-state index contributed by atoms with van der Waals surface area (Å²) >= 11 is 5.59. The molecule has 0 aromatic carbocycles. The normalized spacial score (nSPS) is 11.6. The van der Waals surface area contributed by atoms with Crippen molar-refractivity contribution < 1.29 is 13.3 Å². The van der Waals surface area contributed by atoms with Crippen LogP contribution in [0.4, 0.5) is 0 Å². The highest BCUT2D eigenvalue weighted by molar-refractivity contribution is 7.89. The molecule has 0 fully saturated rings. The standard InChI is InChI=1S/C7H9ClN2O3S/c1-5-6(3-4-7(8)9-5)14(11,12)10-13-2/h3-4,10H,1-2H3. The second-order valence-corrected chi connectivity index (χ2v) is 4.51. The summed E-state index contributed by atoms with van der Waals surface area (Å²) < 4.78 is 22.9. The van der Waals surface area contributed by atoms with Crippen LogP contribution in [0.3, 0.4) is 0 Å². The maximum Gasteiger partial charge on any atom is 0.264 e. The van der Waals surface area contributed by atoms with Gasteiger partial charge in [-0.1, -0.05) is 16.5 Å². The summed E-state index contributed by atoms with van der Waals surface area (Å²) in [4.78, 5) is 10.1. The topological polar surface area (TPSA) is 68.3 Å². The number of aryl methyl sites for hydroxylation is 1. The maximum atomic E-state index is 11.4. The van der Waals surface area contributed by atoms with E-state index in [9.17, 15) is 8.42 Å². The van der Waals surface area contributed by atoms with Crippen LogP contribution < -0.4 is 4.89 Å². The number of hydrogen-bond acceptors (Lipinski definition) is 4. The van der Waals surface area contributed by atoms with Crippen LogP contribution in [-0.2, 0) is 14.9 Å². The summed E-state index contributed by atoms with van der Waals surface area (Å²) in [5.41, 5.74) is 0.321. The van der Waals surface area contributed by atoms with Crippen molar-refractivity contribution in [3.63, 3.8) is 0 Å². The van der Waals surface area contributed by atoms with Gasteiger partial charge in [-0.15, -0.1) is 0 Å². The van der Waals surface area contributed by atoms with Gasteiger partial charge in [-0.2, -0.15) is 0 Å². The monoisotopic (exact) mass is 236 g/mol. The molecule has 14 heavy (non-hydrogen) atoms. The van der Waals surface area contributed by atoms with E-state index >= 15 is 0 Å². The molecule has 0 unspecified atom stereocenters. The van der Waals surface area contributed by atoms with Crippen molar-refractivity contribution in [1.29, 1.82) is 0 Å². The minimum atomic E-state index is -3.65. The molecule has 0 aliphatic rings. The molecule has 0 spiro atoms. The molecule has 0 radical (unpaired) electrons. The van der Waals surface area contributed by atoms with E-state index in [1.807, 2.05) is 4.89 Å². The second kappa shape index (κ2) is 4.22. The average Bonchev–Trinajstić information content (AvgIpc) is 2.02. The van der Waals surface area contributed by atoms with Gasteiger partial charge in [0.1, 0.15) is 10.0 Å². The zero-order valence-electron chi connectivity index (χ0n) is 7.61. The highest BCUT2D eigenvalue weighted by Crippen LogP contribution is 2.15. The van der Waals surface area contributed by atoms with Crippen LogP contribution in [0.15, 0.2) is 17.0 Å². The van der Waals surface area contributed by atoms with Gasteiger partial charge in [0, 0.05) is 0 Å². The Labute approximate surface area is 87.1 Å². The SMILES string of the molecule is CONS(=O)(=O)c1ccc(Cl)nc1C. The first kappa shape index (κ1) is 11.4. The predicted octanol–water partition coefficient (Wildman–Crippen LogP) is 0.883. The molecule has 0 aliphatic heterocycles. The molecule has 0 amide bonds. The lowest BCUT2D eigenvalue weighted by Crippen LogP contribution is -2.23. The van der Waals surface area contributed by atoms with Crippen molar-refractivity contribution in [1.82, 2.24) is 9.87 Å². The van der Waals surface area contributed by atoms with Gasteiger partial charge < -0.3 is 0 Å². The Morgan fingerprint density at radius 1 is 1.50 bits per heavy atom. The molecule has 1 rings (SSSR count). The Balaban J connectivity index is 3.20. The summed E-state index contributed by atoms with van der Waals surface area (Å²) in [7, 11) is -2.43. The summed E-state index contributed by atoms with van der Waals surface area (Å²) in [6.45, 7) is 1.55. The summed E-state index contributed by atoms with van der Waals surface area (Å²) in [5.74, 6) is 0. The Kier molecular flexibility index (Phi) is 3.43. The fourth-order valence-electron chi connectivity index (χ4n) is 0.956. The Morgan fingerprint density at radius 3 is 2.64 bits per heavy atom. The van der Waals surface area contributed by atoms with E-state index in [0.717, 1.165) is 0 Å². The lowest BCUT2D eigenvalue weighted by atomic mass is 10.4. The first-order valence-corrected chi connectivity index (χ1v) is 5.51. The van der Waals surface area contributed by atoms with Crippen LogP contribution in [0.2, 0.25) is 5.15 Å². The smallest absolute Gasteiger partial charge is 0.264 e. The van der Waals surface area contributed by atoms with E-state index in [1.54, 1.807) is 6.92 Å². The average molecular weight is 237 g/mol. The molecule has 7 heteroatoms. The van der Waals surface area contributed by atoms with E-state index in [0.29, 0.717) is 5.69 Å². The zero-order valence-corrected chi connectivity index (χ0v) is 9.19. The van der Waals surface area contributed by atoms with Gasteiger partial charge in [0.2, 0.25) is 0 Å². The third-order valence-corrected chi connectivity index (χ3v) is 3.09. The van der Waals surface area contributed by atoms with Crippen LogP contribution in [0.5, 0.6) is 0 Å². The second-order valence-electron chi connectivity index (χ2n) is 2.51. The molecule has 1 heterocycles. The first-order chi connectivity index (χ1) is 6.47. The van der Waals surface area contributed by atoms with Crippen LogP contribution in [0.1, 0.15) is 5.69 Å². The lowest BCUT2D eigenvalue weighted by molar-refractivity contribution is 0.153. The van der Waals surface area contributed by atoms with Crippen molar-refractivity contribution in [3.8, 4) is 0 Å². The highest BCUT2D eigenvalue weighted by Gasteiger charge is 2.17. The van der Waals surface area contributed by atoms with Gasteiger partial charge in [-0.3, -0.25) is 4.84 Å². The van der Waals surface area contributed by atoms with Crippen molar-refractivity contribution in [2.45, 2.75) is 11.8 Å². The Hall–Kier alpha value is -0.690. The number of nitrogens with zero attached hydrogens (tertiary/aromatic N) is 1. The van der Waals surface area contributed by atoms with Gasteiger partial charge in [0.15, 0.2) is 0 Å². The van der Waals surface area contributed by atoms with Gasteiger partial charge >= 0.3 is 0 Å². The minimum Gasteiger partial charge on any atom is -0.290 e. The summed E-state index contributed by atoms with van der Waals surface area (Å²) in [6, 6.07) is 2.77. The van der Waals surface area contributed by atoms with Crippen LogP contribution in [-0.4, -0.2) is 20.5 Å². The largest absolute Gasteiger partial charge is 0.290 e. The third-order valence-electron chi connectivity index (χ3n) is 1.49. The summed E-state index contributed by atoms with van der Waals surface area (Å²) in [6.07, 6.45) is 0. The summed E-state index contributed by atoms with van der Waals surface area (Å²) in [5, 5.41) is 0.249. The quantitative estimate of drug-likeness (QED) is 0.625. The fourth-order valence-corrected chi connectivity index (χ4v) is 2.14. The van der Waals surface area contributed by atoms with Gasteiger partial charge in [-0.05, 0) is 19.1 Å². The fraction of sp³-hybridized carbons (Fsp3) is 0.286. The van der Waals surface area contributed by atoms with E-state index < -0.39 is 10.0 Å². The molecular weight excluding hydrogens is 228 g/mol.